The van der Waals surface area contributed by atoms with Crippen molar-refractivity contribution in [1.82, 2.24) is 0 Å². The van der Waals surface area contributed by atoms with E-state index in [0.717, 1.165) is 19.3 Å². The Kier molecular flexibility index (Phi) is 18.3. The summed E-state index contributed by atoms with van der Waals surface area (Å²) < 4.78 is 5.04. The van der Waals surface area contributed by atoms with Crippen LogP contribution in [-0.4, -0.2) is 29.1 Å². The summed E-state index contributed by atoms with van der Waals surface area (Å²) in [6, 6.07) is 0. The molecule has 0 aliphatic heterocycles. The Bertz CT molecular complexity index is 247. The molecule has 0 aliphatic rings. The van der Waals surface area contributed by atoms with Gasteiger partial charge in [-0.2, -0.15) is 0 Å². The maximum Gasteiger partial charge on any atom is 0.308 e. The average molecular weight is 302 g/mol. The van der Waals surface area contributed by atoms with Crippen molar-refractivity contribution in [1.29, 1.82) is 0 Å². The van der Waals surface area contributed by atoms with Gasteiger partial charge in [0.15, 0.2) is 6.29 Å². The lowest BCUT2D eigenvalue weighted by atomic mass is 10.2. The van der Waals surface area contributed by atoms with Crippen LogP contribution in [0.2, 0.25) is 0 Å². The van der Waals surface area contributed by atoms with Crippen molar-refractivity contribution in [3.63, 3.8) is 0 Å². The lowest BCUT2D eigenvalue weighted by Crippen LogP contribution is -2.12. The molecule has 0 aromatic carbocycles. The second-order valence-corrected chi connectivity index (χ2v) is 5.37. The van der Waals surface area contributed by atoms with Gasteiger partial charge in [0.2, 0.25) is 0 Å². The predicted octanol–water partition coefficient (Wildman–Crippen LogP) is 3.81. The van der Waals surface area contributed by atoms with Crippen molar-refractivity contribution >= 4 is 5.97 Å². The molecule has 2 N–H and O–H groups in total. The summed E-state index contributed by atoms with van der Waals surface area (Å²) in [6.07, 6.45) is 9.80. The van der Waals surface area contributed by atoms with Crippen LogP contribution in [0.25, 0.3) is 0 Å². The molecule has 0 amide bonds. The summed E-state index contributed by atoms with van der Waals surface area (Å²) in [6.45, 7) is 8.55. The molecule has 0 saturated carbocycles. The lowest BCUT2D eigenvalue weighted by Gasteiger charge is -2.06. The summed E-state index contributed by atoms with van der Waals surface area (Å²) in [5.74, 6) is -0.0638. The lowest BCUT2D eigenvalue weighted by molar-refractivity contribution is -0.147. The highest BCUT2D eigenvalue weighted by Crippen LogP contribution is 2.03. The second-order valence-electron chi connectivity index (χ2n) is 5.37. The van der Waals surface area contributed by atoms with E-state index in [1.807, 2.05) is 20.8 Å². The molecule has 126 valence electrons. The molecule has 0 unspecified atom stereocenters. The minimum absolute atomic E-state index is 0.00985. The van der Waals surface area contributed by atoms with E-state index in [2.05, 4.69) is 6.92 Å². The number of hydrogen-bond donors (Lipinski definition) is 2. The van der Waals surface area contributed by atoms with Crippen LogP contribution in [0.3, 0.4) is 0 Å². The highest BCUT2D eigenvalue weighted by molar-refractivity contribution is 5.71. The van der Waals surface area contributed by atoms with Crippen LogP contribution in [-0.2, 0) is 9.53 Å². The highest BCUT2D eigenvalue weighted by atomic mass is 16.5. The molecule has 4 nitrogen and oxygen atoms in total. The van der Waals surface area contributed by atoms with Crippen molar-refractivity contribution in [2.45, 2.75) is 78.9 Å². The average Bonchev–Trinajstić information content (AvgIpc) is 2.43. The molecule has 0 heterocycles. The fourth-order valence-corrected chi connectivity index (χ4v) is 1.43. The first-order chi connectivity index (χ1) is 9.95. The smallest absolute Gasteiger partial charge is 0.308 e. The SMILES string of the molecule is CCC/C=C/C(O)O.CCCCCCCOC(=O)C(C)C. The van der Waals surface area contributed by atoms with Crippen molar-refractivity contribution in [3.05, 3.63) is 12.2 Å². The van der Waals surface area contributed by atoms with Crippen molar-refractivity contribution in [3.8, 4) is 0 Å². The number of aliphatic hydroxyl groups excluding tert-OH is 1. The number of hydrogen-bond acceptors (Lipinski definition) is 4. The fourth-order valence-electron chi connectivity index (χ4n) is 1.43. The third kappa shape index (κ3) is 21.6. The molecule has 0 aliphatic carbocycles. The number of unbranched alkanes of at least 4 members (excludes halogenated alkanes) is 5. The largest absolute Gasteiger partial charge is 0.465 e. The topological polar surface area (TPSA) is 66.8 Å². The number of rotatable bonds is 10. The summed E-state index contributed by atoms with van der Waals surface area (Å²) in [7, 11) is 0. The van der Waals surface area contributed by atoms with Crippen LogP contribution in [0.4, 0.5) is 0 Å². The summed E-state index contributed by atoms with van der Waals surface area (Å²) in [5, 5.41) is 16.5. The molecule has 0 radical (unpaired) electrons. The monoisotopic (exact) mass is 302 g/mol. The Labute approximate surface area is 130 Å². The molecule has 0 bridgehead atoms. The number of carbonyl (C=O) groups is 1. The first-order valence-electron chi connectivity index (χ1n) is 8.15. The Morgan fingerprint density at radius 1 is 1.05 bits per heavy atom. The van der Waals surface area contributed by atoms with Crippen molar-refractivity contribution in [2.24, 2.45) is 5.92 Å². The summed E-state index contributed by atoms with van der Waals surface area (Å²) in [4.78, 5) is 11.0. The van der Waals surface area contributed by atoms with E-state index < -0.39 is 6.29 Å². The van der Waals surface area contributed by atoms with Crippen molar-refractivity contribution in [2.75, 3.05) is 6.61 Å². The highest BCUT2D eigenvalue weighted by Gasteiger charge is 2.06. The Morgan fingerprint density at radius 3 is 2.14 bits per heavy atom. The van der Waals surface area contributed by atoms with Crippen LogP contribution in [0.5, 0.6) is 0 Å². The molecular formula is C17H34O4. The van der Waals surface area contributed by atoms with E-state index in [-0.39, 0.29) is 11.9 Å². The molecule has 0 aromatic heterocycles. The zero-order valence-corrected chi connectivity index (χ0v) is 14.2. The summed E-state index contributed by atoms with van der Waals surface area (Å²) >= 11 is 0. The maximum absolute atomic E-state index is 11.0. The first-order valence-corrected chi connectivity index (χ1v) is 8.15. The van der Waals surface area contributed by atoms with Gasteiger partial charge in [0.25, 0.3) is 0 Å². The van der Waals surface area contributed by atoms with Gasteiger partial charge in [-0.15, -0.1) is 0 Å². The third-order valence-electron chi connectivity index (χ3n) is 2.73. The Balaban J connectivity index is 0. The summed E-state index contributed by atoms with van der Waals surface area (Å²) in [5.41, 5.74) is 0. The molecule has 0 saturated heterocycles. The normalized spacial score (nSPS) is 10.9. The van der Waals surface area contributed by atoms with Gasteiger partial charge in [0, 0.05) is 0 Å². The van der Waals surface area contributed by atoms with E-state index in [4.69, 9.17) is 14.9 Å². The van der Waals surface area contributed by atoms with Gasteiger partial charge in [-0.1, -0.05) is 65.9 Å². The minimum Gasteiger partial charge on any atom is -0.465 e. The van der Waals surface area contributed by atoms with Crippen LogP contribution >= 0.6 is 0 Å². The molecular weight excluding hydrogens is 268 g/mol. The van der Waals surface area contributed by atoms with Crippen LogP contribution in [0, 0.1) is 5.92 Å². The van der Waals surface area contributed by atoms with E-state index >= 15 is 0 Å². The standard InChI is InChI=1S/C11H22O2.C6H12O2/c1-4-5-6-7-8-9-13-11(12)10(2)3;1-2-3-4-5-6(7)8/h10H,4-9H2,1-3H3;4-8H,2-3H2,1H3/b;5-4+. The van der Waals surface area contributed by atoms with Crippen LogP contribution in [0.1, 0.15) is 72.6 Å². The number of esters is 1. The quantitative estimate of drug-likeness (QED) is 0.279. The molecule has 0 aromatic rings. The van der Waals surface area contributed by atoms with Gasteiger partial charge in [-0.3, -0.25) is 4.79 Å². The van der Waals surface area contributed by atoms with E-state index in [1.165, 1.54) is 31.8 Å². The number of allylic oxidation sites excluding steroid dienone is 1. The molecule has 21 heavy (non-hydrogen) atoms. The van der Waals surface area contributed by atoms with E-state index in [1.54, 1.807) is 6.08 Å². The van der Waals surface area contributed by atoms with Gasteiger partial charge < -0.3 is 14.9 Å². The van der Waals surface area contributed by atoms with Gasteiger partial charge >= 0.3 is 5.97 Å². The Morgan fingerprint density at radius 2 is 1.67 bits per heavy atom. The third-order valence-corrected chi connectivity index (χ3v) is 2.73. The maximum atomic E-state index is 11.0. The number of aliphatic hydroxyl groups is 2. The molecule has 4 heteroatoms. The van der Waals surface area contributed by atoms with Crippen molar-refractivity contribution < 1.29 is 19.7 Å². The number of ether oxygens (including phenoxy) is 1. The zero-order valence-electron chi connectivity index (χ0n) is 14.2. The molecule has 0 fully saturated rings. The van der Waals surface area contributed by atoms with Crippen LogP contribution in [0.15, 0.2) is 12.2 Å². The minimum atomic E-state index is -1.28. The molecule has 0 atom stereocenters. The van der Waals surface area contributed by atoms with Crippen LogP contribution < -0.4 is 0 Å². The zero-order chi connectivity index (χ0) is 16.5. The van der Waals surface area contributed by atoms with E-state index in [9.17, 15) is 4.79 Å². The fraction of sp³-hybridized carbons (Fsp3) is 0.824. The molecule has 0 rings (SSSR count). The second kappa shape index (κ2) is 17.2. The molecule has 0 spiro atoms. The predicted molar refractivity (Wildman–Crippen MR) is 86.8 cm³/mol. The Hall–Kier alpha value is -0.870. The van der Waals surface area contributed by atoms with E-state index in [0.29, 0.717) is 6.61 Å². The van der Waals surface area contributed by atoms with Gasteiger partial charge in [-0.05, 0) is 18.9 Å². The van der Waals surface area contributed by atoms with Gasteiger partial charge in [0.05, 0.1) is 12.5 Å². The number of carbonyl (C=O) groups excluding carboxylic acids is 1. The van der Waals surface area contributed by atoms with Gasteiger partial charge in [-0.25, -0.2) is 0 Å². The van der Waals surface area contributed by atoms with Gasteiger partial charge in [0.1, 0.15) is 0 Å². The first kappa shape index (κ1) is 22.4.